The fourth-order valence-corrected chi connectivity index (χ4v) is 3.10. The van der Waals surface area contributed by atoms with Gasteiger partial charge in [-0.1, -0.05) is 41.4 Å². The van der Waals surface area contributed by atoms with E-state index in [1.165, 1.54) is 21.9 Å². The Morgan fingerprint density at radius 1 is 1.07 bits per heavy atom. The number of urea groups is 1. The largest absolute Gasteiger partial charge is 0.491 e. The quantitative estimate of drug-likeness (QED) is 0.558. The summed E-state index contributed by atoms with van der Waals surface area (Å²) < 4.78 is 6.92. The lowest BCUT2D eigenvalue weighted by atomic mass is 10.2. The zero-order chi connectivity index (χ0) is 21.7. The number of hydrogen-bond donors (Lipinski definition) is 1. The Morgan fingerprint density at radius 2 is 1.87 bits per heavy atom. The number of carbonyl (C=O) groups excluding carboxylic acids is 1. The molecule has 0 bridgehead atoms. The van der Waals surface area contributed by atoms with Gasteiger partial charge in [-0.3, -0.25) is 4.79 Å². The van der Waals surface area contributed by atoms with Crippen LogP contribution in [-0.2, 0) is 6.54 Å². The molecular formula is C22H21Cl2N3O3. The normalized spacial score (nSPS) is 10.7. The van der Waals surface area contributed by atoms with Crippen LogP contribution >= 0.6 is 23.2 Å². The molecule has 1 aromatic heterocycles. The van der Waals surface area contributed by atoms with Gasteiger partial charge < -0.3 is 10.1 Å². The number of halogens is 2. The number of nitrogens with one attached hydrogen (secondary N) is 1. The number of benzene rings is 2. The molecular weight excluding hydrogens is 425 g/mol. The highest BCUT2D eigenvalue weighted by Crippen LogP contribution is 2.23. The third kappa shape index (κ3) is 5.55. The van der Waals surface area contributed by atoms with Gasteiger partial charge in [-0.25, -0.2) is 14.5 Å². The minimum absolute atomic E-state index is 0.00463. The Bertz CT molecular complexity index is 1100. The van der Waals surface area contributed by atoms with Crippen molar-refractivity contribution < 1.29 is 9.53 Å². The molecule has 0 spiro atoms. The molecule has 0 atom stereocenters. The molecule has 0 unspecified atom stereocenters. The Hall–Kier alpha value is -2.96. The van der Waals surface area contributed by atoms with E-state index in [0.717, 1.165) is 0 Å². The standard InChI is InChI=1S/C22H21Cl2N3O3/c1-15(2)30-18-7-5-6-17(13-18)25-22(29)27(26-11-4-3-8-21(26)28)14-16-9-10-19(23)20(24)12-16/h3-13,15H,14H2,1-2H3,(H,25,29). The summed E-state index contributed by atoms with van der Waals surface area (Å²) in [5.41, 5.74) is 0.915. The van der Waals surface area contributed by atoms with Crippen LogP contribution in [-0.4, -0.2) is 16.8 Å². The summed E-state index contributed by atoms with van der Waals surface area (Å²) in [7, 11) is 0. The predicted molar refractivity (Wildman–Crippen MR) is 120 cm³/mol. The van der Waals surface area contributed by atoms with Crippen molar-refractivity contribution in [3.05, 3.63) is 92.8 Å². The highest BCUT2D eigenvalue weighted by atomic mass is 35.5. The van der Waals surface area contributed by atoms with Crippen molar-refractivity contribution in [1.29, 1.82) is 0 Å². The molecule has 1 heterocycles. The van der Waals surface area contributed by atoms with Gasteiger partial charge in [0.15, 0.2) is 0 Å². The van der Waals surface area contributed by atoms with E-state index in [4.69, 9.17) is 27.9 Å². The molecule has 2 amide bonds. The average molecular weight is 446 g/mol. The zero-order valence-electron chi connectivity index (χ0n) is 16.5. The zero-order valence-corrected chi connectivity index (χ0v) is 18.0. The summed E-state index contributed by atoms with van der Waals surface area (Å²) in [4.78, 5) is 25.5. The van der Waals surface area contributed by atoms with Crippen LogP contribution in [0.25, 0.3) is 0 Å². The molecule has 0 aliphatic rings. The maximum Gasteiger partial charge on any atom is 0.341 e. The SMILES string of the molecule is CC(C)Oc1cccc(NC(=O)N(Cc2ccc(Cl)c(Cl)c2)n2ccccc2=O)c1. The summed E-state index contributed by atoms with van der Waals surface area (Å²) in [5, 5.41) is 4.89. The first-order chi connectivity index (χ1) is 14.3. The van der Waals surface area contributed by atoms with Gasteiger partial charge in [0.25, 0.3) is 5.56 Å². The van der Waals surface area contributed by atoms with Gasteiger partial charge in [0, 0.05) is 24.0 Å². The molecule has 30 heavy (non-hydrogen) atoms. The lowest BCUT2D eigenvalue weighted by Crippen LogP contribution is -2.47. The van der Waals surface area contributed by atoms with Gasteiger partial charge in [-0.15, -0.1) is 0 Å². The van der Waals surface area contributed by atoms with Gasteiger partial charge in [-0.2, -0.15) is 0 Å². The van der Waals surface area contributed by atoms with E-state index in [0.29, 0.717) is 27.0 Å². The van der Waals surface area contributed by atoms with Crippen molar-refractivity contribution in [2.75, 3.05) is 10.3 Å². The van der Waals surface area contributed by atoms with Gasteiger partial charge in [0.05, 0.1) is 22.7 Å². The van der Waals surface area contributed by atoms with Crippen molar-refractivity contribution in [2.45, 2.75) is 26.5 Å². The van der Waals surface area contributed by atoms with E-state index in [1.807, 2.05) is 19.9 Å². The first-order valence-corrected chi connectivity index (χ1v) is 10.1. The second-order valence-corrected chi connectivity index (χ2v) is 7.63. The van der Waals surface area contributed by atoms with Crippen LogP contribution in [0.1, 0.15) is 19.4 Å². The fourth-order valence-electron chi connectivity index (χ4n) is 2.78. The lowest BCUT2D eigenvalue weighted by molar-refractivity contribution is 0.242. The molecule has 6 nitrogen and oxygen atoms in total. The van der Waals surface area contributed by atoms with Gasteiger partial charge >= 0.3 is 6.03 Å². The summed E-state index contributed by atoms with van der Waals surface area (Å²) in [6.45, 7) is 3.95. The molecule has 0 saturated heterocycles. The van der Waals surface area contributed by atoms with Gasteiger partial charge in [0.2, 0.25) is 0 Å². The van der Waals surface area contributed by atoms with E-state index in [2.05, 4.69) is 5.32 Å². The second-order valence-electron chi connectivity index (χ2n) is 6.81. The van der Waals surface area contributed by atoms with Crippen molar-refractivity contribution in [3.63, 3.8) is 0 Å². The highest BCUT2D eigenvalue weighted by molar-refractivity contribution is 6.42. The van der Waals surface area contributed by atoms with E-state index >= 15 is 0 Å². The average Bonchev–Trinajstić information content (AvgIpc) is 2.69. The van der Waals surface area contributed by atoms with Crippen LogP contribution < -0.4 is 20.6 Å². The number of pyridine rings is 1. The smallest absolute Gasteiger partial charge is 0.341 e. The summed E-state index contributed by atoms with van der Waals surface area (Å²) in [6, 6.07) is 16.3. The minimum Gasteiger partial charge on any atom is -0.491 e. The molecule has 0 aliphatic carbocycles. The number of nitrogens with zero attached hydrogens (tertiary/aromatic N) is 2. The Labute approximate surface area is 184 Å². The Balaban J connectivity index is 1.90. The third-order valence-corrected chi connectivity index (χ3v) is 4.81. The number of rotatable bonds is 6. The third-order valence-electron chi connectivity index (χ3n) is 4.07. The van der Waals surface area contributed by atoms with Crippen molar-refractivity contribution in [2.24, 2.45) is 0 Å². The van der Waals surface area contributed by atoms with Crippen LogP contribution in [0.2, 0.25) is 10.0 Å². The predicted octanol–water partition coefficient (Wildman–Crippen LogP) is 5.31. The fraction of sp³-hybridized carbons (Fsp3) is 0.182. The second kappa shape index (κ2) is 9.69. The maximum absolute atomic E-state index is 13.1. The molecule has 3 aromatic rings. The van der Waals surface area contributed by atoms with Crippen LogP contribution in [0.15, 0.2) is 71.7 Å². The molecule has 0 saturated carbocycles. The van der Waals surface area contributed by atoms with Crippen molar-refractivity contribution >= 4 is 34.9 Å². The number of ether oxygens (including phenoxy) is 1. The Kier molecular flexibility index (Phi) is 7.03. The van der Waals surface area contributed by atoms with Crippen LogP contribution in [0.3, 0.4) is 0 Å². The monoisotopic (exact) mass is 445 g/mol. The first-order valence-electron chi connectivity index (χ1n) is 9.30. The minimum atomic E-state index is -0.490. The number of amides is 2. The van der Waals surface area contributed by atoms with E-state index in [1.54, 1.807) is 48.5 Å². The van der Waals surface area contributed by atoms with Gasteiger partial charge in [-0.05, 0) is 49.7 Å². The number of anilines is 1. The molecule has 0 fully saturated rings. The lowest BCUT2D eigenvalue weighted by Gasteiger charge is -2.25. The van der Waals surface area contributed by atoms with Crippen molar-refractivity contribution in [1.82, 2.24) is 4.68 Å². The highest BCUT2D eigenvalue weighted by Gasteiger charge is 2.18. The molecule has 0 radical (unpaired) electrons. The maximum atomic E-state index is 13.1. The van der Waals surface area contributed by atoms with E-state index in [-0.39, 0.29) is 18.2 Å². The number of hydrogen-bond acceptors (Lipinski definition) is 3. The summed E-state index contributed by atoms with van der Waals surface area (Å²) in [5.74, 6) is 0.635. The van der Waals surface area contributed by atoms with Gasteiger partial charge in [0.1, 0.15) is 5.75 Å². The molecule has 156 valence electrons. The molecule has 8 heteroatoms. The van der Waals surface area contributed by atoms with Crippen molar-refractivity contribution in [3.8, 4) is 5.75 Å². The molecule has 3 rings (SSSR count). The topological polar surface area (TPSA) is 63.6 Å². The van der Waals surface area contributed by atoms with E-state index in [9.17, 15) is 9.59 Å². The first kappa shape index (κ1) is 21.7. The van der Waals surface area contributed by atoms with Crippen LogP contribution in [0.4, 0.5) is 10.5 Å². The van der Waals surface area contributed by atoms with Crippen LogP contribution in [0.5, 0.6) is 5.75 Å². The molecule has 2 aromatic carbocycles. The molecule has 0 aliphatic heterocycles. The number of carbonyl (C=O) groups is 1. The number of aromatic nitrogens is 1. The Morgan fingerprint density at radius 3 is 2.57 bits per heavy atom. The summed E-state index contributed by atoms with van der Waals surface area (Å²) in [6.07, 6.45) is 1.53. The van der Waals surface area contributed by atoms with E-state index < -0.39 is 6.03 Å². The van der Waals surface area contributed by atoms with Crippen LogP contribution in [0, 0.1) is 0 Å². The molecule has 1 N–H and O–H groups in total. The summed E-state index contributed by atoms with van der Waals surface area (Å²) >= 11 is 12.1.